The number of benzene rings is 2. The molecule has 3 aliphatic rings. The number of fused-ring (bicyclic) bond motifs is 4. The number of aromatic nitrogens is 1. The zero-order valence-electron chi connectivity index (χ0n) is 24.0. The third-order valence-corrected chi connectivity index (χ3v) is 8.86. The summed E-state index contributed by atoms with van der Waals surface area (Å²) in [4.78, 5) is 57.4. The number of hydrogen-bond donors (Lipinski definition) is 1. The van der Waals surface area contributed by atoms with Crippen molar-refractivity contribution < 1.29 is 19.1 Å². The van der Waals surface area contributed by atoms with Crippen molar-refractivity contribution in [3.63, 3.8) is 0 Å². The molecular weight excluding hydrogens is 532 g/mol. The maximum absolute atomic E-state index is 14.5. The molecule has 0 saturated carbocycles. The maximum Gasteiger partial charge on any atom is 0.335 e. The fraction of sp³-hybridized carbons (Fsp3) is 0.394. The molecule has 1 N–H and O–H groups in total. The lowest BCUT2D eigenvalue weighted by molar-refractivity contribution is -0.144. The van der Waals surface area contributed by atoms with Crippen molar-refractivity contribution in [1.82, 2.24) is 14.8 Å². The molecule has 0 aliphatic carbocycles. The van der Waals surface area contributed by atoms with Crippen LogP contribution in [0.2, 0.25) is 0 Å². The van der Waals surface area contributed by atoms with Gasteiger partial charge in [-0.2, -0.15) is 0 Å². The Balaban J connectivity index is 1.36. The van der Waals surface area contributed by atoms with E-state index in [1.165, 1.54) is 0 Å². The number of urea groups is 1. The van der Waals surface area contributed by atoms with Gasteiger partial charge in [0, 0.05) is 43.9 Å². The van der Waals surface area contributed by atoms with Crippen molar-refractivity contribution in [2.45, 2.75) is 45.6 Å². The Labute approximate surface area is 245 Å². The zero-order chi connectivity index (χ0) is 29.4. The number of carbonyl (C=O) groups is 3. The average molecular weight is 569 g/mol. The molecule has 3 aliphatic heterocycles. The third kappa shape index (κ3) is 5.02. The predicted octanol–water partition coefficient (Wildman–Crippen LogP) is 3.74. The first kappa shape index (κ1) is 27.9. The fourth-order valence-corrected chi connectivity index (χ4v) is 6.87. The van der Waals surface area contributed by atoms with Gasteiger partial charge in [0.2, 0.25) is 5.91 Å². The second kappa shape index (κ2) is 11.2. The summed E-state index contributed by atoms with van der Waals surface area (Å²) >= 11 is 0. The number of nitrogens with one attached hydrogen (secondary N) is 1. The number of likely N-dealkylation sites (tertiary alicyclic amines) is 1. The van der Waals surface area contributed by atoms with Crippen molar-refractivity contribution in [2.24, 2.45) is 11.3 Å². The molecule has 3 aromatic rings. The fourth-order valence-electron chi connectivity index (χ4n) is 6.87. The van der Waals surface area contributed by atoms with Crippen LogP contribution in [-0.2, 0) is 29.0 Å². The molecule has 42 heavy (non-hydrogen) atoms. The molecular formula is C33H36N4O5. The summed E-state index contributed by atoms with van der Waals surface area (Å²) in [5, 5.41) is 2.52. The number of piperidine rings is 1. The molecule has 218 valence electrons. The minimum absolute atomic E-state index is 0.00713. The monoisotopic (exact) mass is 568 g/mol. The number of ether oxygens (including phenoxy) is 1. The van der Waals surface area contributed by atoms with E-state index in [1.54, 1.807) is 24.3 Å². The molecule has 6 rings (SSSR count). The van der Waals surface area contributed by atoms with Crippen LogP contribution in [0.15, 0.2) is 71.5 Å². The van der Waals surface area contributed by atoms with Gasteiger partial charge in [0.1, 0.15) is 11.2 Å². The van der Waals surface area contributed by atoms with Gasteiger partial charge in [-0.1, -0.05) is 37.3 Å². The van der Waals surface area contributed by atoms with Crippen molar-refractivity contribution in [3.8, 4) is 5.75 Å². The van der Waals surface area contributed by atoms with Gasteiger partial charge >= 0.3 is 6.03 Å². The summed E-state index contributed by atoms with van der Waals surface area (Å²) in [6, 6.07) is 19.4. The van der Waals surface area contributed by atoms with E-state index >= 15 is 0 Å². The second-order valence-corrected chi connectivity index (χ2v) is 11.6. The van der Waals surface area contributed by atoms with Gasteiger partial charge in [0.05, 0.1) is 12.3 Å². The molecule has 9 heteroatoms. The molecule has 2 aromatic carbocycles. The highest BCUT2D eigenvalue weighted by atomic mass is 16.5. The first-order valence-electron chi connectivity index (χ1n) is 14.7. The predicted molar refractivity (Wildman–Crippen MR) is 159 cm³/mol. The summed E-state index contributed by atoms with van der Waals surface area (Å²) in [6.45, 7) is 6.53. The number of barbiturate groups is 1. The lowest BCUT2D eigenvalue weighted by Gasteiger charge is -2.47. The summed E-state index contributed by atoms with van der Waals surface area (Å²) in [5.41, 5.74) is 1.78. The quantitative estimate of drug-likeness (QED) is 0.416. The van der Waals surface area contributed by atoms with E-state index in [9.17, 15) is 19.2 Å². The number of amides is 4. The van der Waals surface area contributed by atoms with E-state index in [4.69, 9.17) is 4.74 Å². The van der Waals surface area contributed by atoms with Gasteiger partial charge in [-0.05, 0) is 73.6 Å². The van der Waals surface area contributed by atoms with Crippen LogP contribution in [0.1, 0.15) is 43.0 Å². The first-order valence-corrected chi connectivity index (χ1v) is 14.7. The molecule has 0 spiro atoms. The van der Waals surface area contributed by atoms with E-state index in [2.05, 4.69) is 10.2 Å². The Morgan fingerprint density at radius 3 is 2.33 bits per heavy atom. The number of nitrogens with zero attached hydrogens (tertiary/aromatic N) is 3. The van der Waals surface area contributed by atoms with Crippen molar-refractivity contribution in [1.29, 1.82) is 0 Å². The number of hydrogen-bond acceptors (Lipinski definition) is 6. The van der Waals surface area contributed by atoms with Crippen LogP contribution in [0, 0.1) is 11.3 Å². The minimum Gasteiger partial charge on any atom is -0.494 e. The average Bonchev–Trinajstić information content (AvgIpc) is 2.98. The Bertz CT molecular complexity index is 1560. The molecule has 2 bridgehead atoms. The Kier molecular flexibility index (Phi) is 7.45. The van der Waals surface area contributed by atoms with Gasteiger partial charge in [0.15, 0.2) is 0 Å². The lowest BCUT2D eigenvalue weighted by Crippen LogP contribution is -2.68. The summed E-state index contributed by atoms with van der Waals surface area (Å²) < 4.78 is 7.46. The highest BCUT2D eigenvalue weighted by Gasteiger charge is 2.55. The topological polar surface area (TPSA) is 101 Å². The molecule has 1 aromatic heterocycles. The molecule has 0 radical (unpaired) electrons. The Hall–Kier alpha value is -4.24. The van der Waals surface area contributed by atoms with Crippen molar-refractivity contribution in [3.05, 3.63) is 93.9 Å². The zero-order valence-corrected chi connectivity index (χ0v) is 24.0. The van der Waals surface area contributed by atoms with Crippen LogP contribution in [0.25, 0.3) is 0 Å². The van der Waals surface area contributed by atoms with E-state index in [0.717, 1.165) is 34.6 Å². The van der Waals surface area contributed by atoms with Crippen LogP contribution in [0.3, 0.4) is 0 Å². The van der Waals surface area contributed by atoms with Gasteiger partial charge < -0.3 is 14.2 Å². The summed E-state index contributed by atoms with van der Waals surface area (Å²) in [6.07, 6.45) is 1.91. The van der Waals surface area contributed by atoms with Crippen LogP contribution in [-0.4, -0.2) is 53.6 Å². The van der Waals surface area contributed by atoms with Gasteiger partial charge in [-0.15, -0.1) is 0 Å². The SMILES string of the molecule is CCOc1ccc(C[C@]2(CN3C[C@H]4C[C@@H](C3)c3cccc(=O)n3C4)C(=O)NC(=O)N(c3ccc(CC)cc3)C2=O)cc1. The Morgan fingerprint density at radius 2 is 1.62 bits per heavy atom. The smallest absolute Gasteiger partial charge is 0.335 e. The summed E-state index contributed by atoms with van der Waals surface area (Å²) in [7, 11) is 0. The maximum atomic E-state index is 14.5. The Morgan fingerprint density at radius 1 is 0.881 bits per heavy atom. The van der Waals surface area contributed by atoms with Gasteiger partial charge in [-0.3, -0.25) is 19.7 Å². The number of anilines is 1. The van der Waals surface area contributed by atoms with Gasteiger partial charge in [-0.25, -0.2) is 9.69 Å². The van der Waals surface area contributed by atoms with Crippen LogP contribution >= 0.6 is 0 Å². The van der Waals surface area contributed by atoms with Crippen molar-refractivity contribution >= 4 is 23.5 Å². The number of rotatable bonds is 8. The number of imide groups is 2. The molecule has 2 fully saturated rings. The van der Waals surface area contributed by atoms with Crippen LogP contribution in [0.5, 0.6) is 5.75 Å². The second-order valence-electron chi connectivity index (χ2n) is 11.6. The van der Waals surface area contributed by atoms with E-state index in [-0.39, 0.29) is 30.4 Å². The van der Waals surface area contributed by atoms with Crippen LogP contribution in [0.4, 0.5) is 10.5 Å². The largest absolute Gasteiger partial charge is 0.494 e. The molecule has 4 amide bonds. The molecule has 3 atom stereocenters. The summed E-state index contributed by atoms with van der Waals surface area (Å²) in [5.74, 6) is -0.0582. The molecule has 4 heterocycles. The number of aryl methyl sites for hydroxylation is 1. The minimum atomic E-state index is -1.54. The third-order valence-electron chi connectivity index (χ3n) is 8.86. The van der Waals surface area contributed by atoms with E-state index in [1.807, 2.05) is 60.9 Å². The lowest BCUT2D eigenvalue weighted by atomic mass is 9.75. The molecule has 2 saturated heterocycles. The van der Waals surface area contributed by atoms with Crippen LogP contribution < -0.4 is 20.5 Å². The van der Waals surface area contributed by atoms with Gasteiger partial charge in [0.25, 0.3) is 11.5 Å². The first-order chi connectivity index (χ1) is 20.3. The van der Waals surface area contributed by atoms with Crippen molar-refractivity contribution in [2.75, 3.05) is 31.1 Å². The van der Waals surface area contributed by atoms with E-state index in [0.29, 0.717) is 37.7 Å². The number of pyridine rings is 1. The molecule has 9 nitrogen and oxygen atoms in total. The highest BCUT2D eigenvalue weighted by Crippen LogP contribution is 2.39. The molecule has 0 unspecified atom stereocenters. The van der Waals surface area contributed by atoms with E-state index < -0.39 is 23.3 Å². The highest BCUT2D eigenvalue weighted by molar-refractivity contribution is 6.30. The standard InChI is InChI=1S/C33H36N4O5/c1-3-22-8-12-26(13-9-22)37-31(40)33(30(39)34-32(37)41,17-23-10-14-27(15-11-23)42-4-2)21-35-18-24-16-25(20-35)28-6-5-7-29(38)36(28)19-24/h5-15,24-25H,3-4,16-21H2,1-2H3,(H,34,39,41)/t24-,25+,33+/m1/s1. The normalized spacial score (nSPS) is 23.9. The number of carbonyl (C=O) groups excluding carboxylic acids is 3.